The van der Waals surface area contributed by atoms with E-state index in [1.165, 1.54) is 21.6 Å². The van der Waals surface area contributed by atoms with Crippen LogP contribution in [0.4, 0.5) is 5.82 Å². The van der Waals surface area contributed by atoms with E-state index < -0.39 is 0 Å². The van der Waals surface area contributed by atoms with Gasteiger partial charge < -0.3 is 14.7 Å². The summed E-state index contributed by atoms with van der Waals surface area (Å²) in [6.45, 7) is 9.71. The highest BCUT2D eigenvalue weighted by molar-refractivity contribution is 7.22. The number of nitrogens with zero attached hydrogens (tertiary/aromatic N) is 4. The number of morpholine rings is 1. The Morgan fingerprint density at radius 3 is 2.68 bits per heavy atom. The minimum absolute atomic E-state index is 0.212. The average molecular weight is 471 g/mol. The fourth-order valence-electron chi connectivity index (χ4n) is 4.75. The summed E-state index contributed by atoms with van der Waals surface area (Å²) in [5.74, 6) is 1.79. The van der Waals surface area contributed by atoms with Crippen molar-refractivity contribution in [1.82, 2.24) is 14.9 Å². The number of hydrogen-bond donors (Lipinski definition) is 1. The van der Waals surface area contributed by atoms with Crippen LogP contribution in [0.25, 0.3) is 32.0 Å². The molecular weight excluding hydrogens is 444 g/mol. The number of hydrogen-bond acceptors (Lipinski definition) is 7. The molecule has 0 aliphatic carbocycles. The fourth-order valence-corrected chi connectivity index (χ4v) is 5.86. The van der Waals surface area contributed by atoms with Crippen LogP contribution in [0.2, 0.25) is 0 Å². The summed E-state index contributed by atoms with van der Waals surface area (Å²) in [6.07, 6.45) is 1.97. The Kier molecular flexibility index (Phi) is 5.53. The van der Waals surface area contributed by atoms with Gasteiger partial charge in [-0.15, -0.1) is 17.9 Å². The Morgan fingerprint density at radius 1 is 1.00 bits per heavy atom. The van der Waals surface area contributed by atoms with E-state index in [4.69, 9.17) is 14.7 Å². The molecule has 4 aromatic rings. The minimum Gasteiger partial charge on any atom is -0.508 e. The van der Waals surface area contributed by atoms with Crippen molar-refractivity contribution in [2.45, 2.75) is 13.1 Å². The highest BCUT2D eigenvalue weighted by atomic mass is 32.1. The molecule has 2 aromatic heterocycles. The summed E-state index contributed by atoms with van der Waals surface area (Å²) in [5, 5.41) is 10.00. The zero-order valence-corrected chi connectivity index (χ0v) is 19.7. The van der Waals surface area contributed by atoms with E-state index in [2.05, 4.69) is 40.6 Å². The molecule has 0 spiro atoms. The lowest BCUT2D eigenvalue weighted by molar-refractivity contribution is 0.122. The molecule has 0 unspecified atom stereocenters. The first-order valence-electron chi connectivity index (χ1n) is 11.6. The lowest BCUT2D eigenvalue weighted by Gasteiger charge is -2.28. The largest absolute Gasteiger partial charge is 0.508 e. The van der Waals surface area contributed by atoms with Crippen LogP contribution >= 0.6 is 11.3 Å². The third kappa shape index (κ3) is 3.96. The first kappa shape index (κ1) is 21.3. The van der Waals surface area contributed by atoms with Crippen LogP contribution in [0.1, 0.15) is 11.1 Å². The summed E-state index contributed by atoms with van der Waals surface area (Å²) in [4.78, 5) is 15.8. The van der Waals surface area contributed by atoms with Gasteiger partial charge in [-0.1, -0.05) is 30.3 Å². The van der Waals surface area contributed by atoms with Gasteiger partial charge in [-0.2, -0.15) is 0 Å². The van der Waals surface area contributed by atoms with Gasteiger partial charge in [0.05, 0.1) is 23.4 Å². The van der Waals surface area contributed by atoms with E-state index in [1.807, 2.05) is 18.2 Å². The van der Waals surface area contributed by atoms with E-state index in [9.17, 15) is 5.11 Å². The molecule has 0 atom stereocenters. The van der Waals surface area contributed by atoms with Crippen molar-refractivity contribution >= 4 is 27.4 Å². The molecule has 4 heterocycles. The second-order valence-corrected chi connectivity index (χ2v) is 9.84. The van der Waals surface area contributed by atoms with Gasteiger partial charge in [0.15, 0.2) is 11.6 Å². The lowest BCUT2D eigenvalue weighted by Crippen LogP contribution is -2.36. The monoisotopic (exact) mass is 470 g/mol. The number of fused-ring (bicyclic) bond motifs is 2. The van der Waals surface area contributed by atoms with Gasteiger partial charge in [-0.05, 0) is 41.0 Å². The van der Waals surface area contributed by atoms with Crippen molar-refractivity contribution in [2.24, 2.45) is 0 Å². The number of phenolic OH excluding ortho intramolecular Hbond substituents is 1. The maximum Gasteiger partial charge on any atom is 0.162 e. The summed E-state index contributed by atoms with van der Waals surface area (Å²) < 4.78 is 6.67. The second kappa shape index (κ2) is 8.83. The topological polar surface area (TPSA) is 61.7 Å². The third-order valence-electron chi connectivity index (χ3n) is 6.43. The SMILES string of the molecule is C=CCN1Cc2ccc(-c3cc4nc(-c5cccc(O)c5)nc(N5CCOCC5)c4s3)cc2C1. The van der Waals surface area contributed by atoms with Gasteiger partial charge in [-0.25, -0.2) is 9.97 Å². The summed E-state index contributed by atoms with van der Waals surface area (Å²) in [5.41, 5.74) is 5.74. The molecule has 2 aliphatic rings. The normalized spacial score (nSPS) is 16.2. The zero-order chi connectivity index (χ0) is 23.1. The van der Waals surface area contributed by atoms with Crippen molar-refractivity contribution in [3.8, 4) is 27.6 Å². The van der Waals surface area contributed by atoms with E-state index in [0.717, 1.165) is 54.3 Å². The summed E-state index contributed by atoms with van der Waals surface area (Å²) in [6, 6.07) is 16.1. The number of ether oxygens (including phenoxy) is 1. The number of thiophene rings is 1. The highest BCUT2D eigenvalue weighted by Gasteiger charge is 2.22. The summed E-state index contributed by atoms with van der Waals surface area (Å²) >= 11 is 1.75. The number of rotatable bonds is 5. The first-order chi connectivity index (χ1) is 16.7. The van der Waals surface area contributed by atoms with Crippen LogP contribution in [-0.2, 0) is 17.8 Å². The molecular formula is C27H26N4O2S. The molecule has 0 amide bonds. The van der Waals surface area contributed by atoms with E-state index >= 15 is 0 Å². The molecule has 1 fully saturated rings. The van der Waals surface area contributed by atoms with Crippen LogP contribution in [0, 0.1) is 0 Å². The van der Waals surface area contributed by atoms with E-state index in [0.29, 0.717) is 19.0 Å². The maximum atomic E-state index is 10.00. The van der Waals surface area contributed by atoms with E-state index in [1.54, 1.807) is 23.5 Å². The van der Waals surface area contributed by atoms with Crippen molar-refractivity contribution in [3.05, 3.63) is 72.3 Å². The quantitative estimate of drug-likeness (QED) is 0.411. The van der Waals surface area contributed by atoms with Crippen molar-refractivity contribution in [1.29, 1.82) is 0 Å². The number of benzene rings is 2. The van der Waals surface area contributed by atoms with Crippen molar-refractivity contribution in [2.75, 3.05) is 37.7 Å². The molecule has 2 aromatic carbocycles. The van der Waals surface area contributed by atoms with Crippen molar-refractivity contribution < 1.29 is 9.84 Å². The van der Waals surface area contributed by atoms with Gasteiger partial charge in [0, 0.05) is 43.2 Å². The van der Waals surface area contributed by atoms with Crippen LogP contribution in [0.5, 0.6) is 5.75 Å². The predicted octanol–water partition coefficient (Wildman–Crippen LogP) is 5.07. The third-order valence-corrected chi connectivity index (χ3v) is 7.60. The average Bonchev–Trinajstić information content (AvgIpc) is 3.47. The summed E-state index contributed by atoms with van der Waals surface area (Å²) in [7, 11) is 0. The van der Waals surface area contributed by atoms with Gasteiger partial charge >= 0.3 is 0 Å². The molecule has 2 aliphatic heterocycles. The smallest absolute Gasteiger partial charge is 0.162 e. The Hall–Kier alpha value is -3.26. The molecule has 1 N–H and O–H groups in total. The molecule has 1 saturated heterocycles. The Bertz CT molecular complexity index is 1380. The molecule has 0 radical (unpaired) electrons. The predicted molar refractivity (Wildman–Crippen MR) is 137 cm³/mol. The van der Waals surface area contributed by atoms with Gasteiger partial charge in [0.2, 0.25) is 0 Å². The molecule has 0 bridgehead atoms. The van der Waals surface area contributed by atoms with Gasteiger partial charge in [0.1, 0.15) is 5.75 Å². The van der Waals surface area contributed by atoms with E-state index in [-0.39, 0.29) is 5.75 Å². The Morgan fingerprint density at radius 2 is 1.85 bits per heavy atom. The Labute approximate surface area is 202 Å². The lowest BCUT2D eigenvalue weighted by atomic mass is 10.1. The van der Waals surface area contributed by atoms with Crippen LogP contribution in [0.3, 0.4) is 0 Å². The minimum atomic E-state index is 0.212. The van der Waals surface area contributed by atoms with Crippen LogP contribution in [-0.4, -0.2) is 52.8 Å². The number of aromatic nitrogens is 2. The molecule has 172 valence electrons. The molecule has 6 nitrogen and oxygen atoms in total. The fraction of sp³-hybridized carbons (Fsp3) is 0.259. The zero-order valence-electron chi connectivity index (χ0n) is 18.9. The molecule has 0 saturated carbocycles. The first-order valence-corrected chi connectivity index (χ1v) is 12.4. The molecule has 34 heavy (non-hydrogen) atoms. The van der Waals surface area contributed by atoms with Crippen LogP contribution < -0.4 is 4.90 Å². The number of anilines is 1. The maximum absolute atomic E-state index is 10.00. The van der Waals surface area contributed by atoms with Gasteiger partial charge in [0.25, 0.3) is 0 Å². The number of aromatic hydroxyl groups is 1. The Balaban J connectivity index is 1.44. The number of phenols is 1. The van der Waals surface area contributed by atoms with Crippen LogP contribution in [0.15, 0.2) is 61.2 Å². The second-order valence-electron chi connectivity index (χ2n) is 8.79. The van der Waals surface area contributed by atoms with Crippen molar-refractivity contribution in [3.63, 3.8) is 0 Å². The highest BCUT2D eigenvalue weighted by Crippen LogP contribution is 2.40. The standard InChI is InChI=1S/C27H26N4O2S/c1-2-8-30-16-20-7-6-18(13-21(20)17-30)24-15-23-25(34-24)27(31-9-11-33-12-10-31)29-26(28-23)19-4-3-5-22(32)14-19/h2-7,13-15,32H,1,8-12,16-17H2. The molecule has 7 heteroatoms. The van der Waals surface area contributed by atoms with Gasteiger partial charge in [-0.3, -0.25) is 4.90 Å². The molecule has 6 rings (SSSR count).